The van der Waals surface area contributed by atoms with Crippen LogP contribution in [0.4, 0.5) is 21.8 Å². The molecule has 0 aliphatic carbocycles. The molecule has 0 amide bonds. The minimum atomic E-state index is -0.563. The van der Waals surface area contributed by atoms with Gasteiger partial charge in [-0.05, 0) is 19.1 Å². The maximum atomic E-state index is 13.5. The van der Waals surface area contributed by atoms with Crippen molar-refractivity contribution in [3.63, 3.8) is 0 Å². The third-order valence-electron chi connectivity index (χ3n) is 2.47. The molecule has 19 heavy (non-hydrogen) atoms. The van der Waals surface area contributed by atoms with E-state index in [1.807, 2.05) is 13.0 Å². The third kappa shape index (κ3) is 2.77. The molecule has 5 nitrogen and oxygen atoms in total. The molecule has 1 aromatic heterocycles. The molecule has 0 aliphatic heterocycles. The normalized spacial score (nSPS) is 9.79. The Hall–Kier alpha value is -2.68. The molecule has 0 atom stereocenters. The Labute approximate surface area is 110 Å². The smallest absolute Gasteiger partial charge is 0.224 e. The van der Waals surface area contributed by atoms with E-state index in [4.69, 9.17) is 5.26 Å². The monoisotopic (exact) mass is 257 g/mol. The Kier molecular flexibility index (Phi) is 3.57. The molecule has 0 spiro atoms. The number of aryl methyl sites for hydroxylation is 1. The molecule has 0 saturated carbocycles. The van der Waals surface area contributed by atoms with E-state index in [9.17, 15) is 4.39 Å². The van der Waals surface area contributed by atoms with Gasteiger partial charge in [0.2, 0.25) is 5.95 Å². The topological polar surface area (TPSA) is 73.6 Å². The number of benzene rings is 1. The van der Waals surface area contributed by atoms with Gasteiger partial charge in [-0.25, -0.2) is 9.37 Å². The number of nitrogens with zero attached hydrogens (tertiary/aromatic N) is 3. The van der Waals surface area contributed by atoms with E-state index in [1.54, 1.807) is 19.2 Å². The van der Waals surface area contributed by atoms with Gasteiger partial charge < -0.3 is 10.6 Å². The molecule has 0 saturated heterocycles. The highest BCUT2D eigenvalue weighted by atomic mass is 19.1. The first-order chi connectivity index (χ1) is 9.13. The van der Waals surface area contributed by atoms with Crippen molar-refractivity contribution in [1.29, 1.82) is 5.26 Å². The van der Waals surface area contributed by atoms with Gasteiger partial charge in [0.05, 0.1) is 5.69 Å². The minimum absolute atomic E-state index is 0.0372. The lowest BCUT2D eigenvalue weighted by Crippen LogP contribution is -2.03. The Morgan fingerprint density at radius 2 is 2.11 bits per heavy atom. The van der Waals surface area contributed by atoms with Gasteiger partial charge >= 0.3 is 0 Å². The Morgan fingerprint density at radius 3 is 2.79 bits per heavy atom. The molecule has 0 aliphatic rings. The van der Waals surface area contributed by atoms with E-state index in [0.29, 0.717) is 17.5 Å². The number of nitrogens with one attached hydrogen (secondary N) is 2. The first kappa shape index (κ1) is 12.8. The largest absolute Gasteiger partial charge is 0.357 e. The zero-order chi connectivity index (χ0) is 13.8. The highest BCUT2D eigenvalue weighted by Gasteiger charge is 2.09. The Balaban J connectivity index is 2.39. The van der Waals surface area contributed by atoms with Crippen LogP contribution in [0, 0.1) is 24.1 Å². The van der Waals surface area contributed by atoms with Gasteiger partial charge in [-0.2, -0.15) is 10.2 Å². The van der Waals surface area contributed by atoms with Crippen LogP contribution in [-0.2, 0) is 0 Å². The van der Waals surface area contributed by atoms with Crippen molar-refractivity contribution in [3.8, 4) is 6.07 Å². The van der Waals surface area contributed by atoms with Crippen molar-refractivity contribution >= 4 is 17.5 Å². The average Bonchev–Trinajstić information content (AvgIpc) is 2.38. The predicted molar refractivity (Wildman–Crippen MR) is 70.7 cm³/mol. The third-order valence-corrected chi connectivity index (χ3v) is 2.47. The zero-order valence-corrected chi connectivity index (χ0v) is 10.5. The summed E-state index contributed by atoms with van der Waals surface area (Å²) in [7, 11) is 1.71. The summed E-state index contributed by atoms with van der Waals surface area (Å²) in [6, 6.07) is 7.95. The van der Waals surface area contributed by atoms with Crippen molar-refractivity contribution < 1.29 is 4.39 Å². The molecule has 1 heterocycles. The molecular formula is C13H12FN5. The Morgan fingerprint density at radius 1 is 1.32 bits per heavy atom. The van der Waals surface area contributed by atoms with E-state index in [1.165, 1.54) is 12.1 Å². The van der Waals surface area contributed by atoms with Crippen LogP contribution in [0.2, 0.25) is 0 Å². The molecule has 2 aromatic rings. The van der Waals surface area contributed by atoms with E-state index in [2.05, 4.69) is 20.6 Å². The number of hydrogen-bond donors (Lipinski definition) is 2. The van der Waals surface area contributed by atoms with Crippen LogP contribution >= 0.6 is 0 Å². The second-order valence-electron chi connectivity index (χ2n) is 3.87. The molecular weight excluding hydrogens is 245 g/mol. The van der Waals surface area contributed by atoms with Crippen LogP contribution in [0.25, 0.3) is 0 Å². The molecule has 6 heteroatoms. The van der Waals surface area contributed by atoms with E-state index < -0.39 is 5.82 Å². The van der Waals surface area contributed by atoms with Crippen LogP contribution < -0.4 is 10.6 Å². The summed E-state index contributed by atoms with van der Waals surface area (Å²) in [5.41, 5.74) is 1.10. The number of halogens is 1. The van der Waals surface area contributed by atoms with Crippen molar-refractivity contribution in [2.45, 2.75) is 6.92 Å². The van der Waals surface area contributed by atoms with Crippen LogP contribution in [0.1, 0.15) is 11.3 Å². The molecule has 1 aromatic carbocycles. The predicted octanol–water partition coefficient (Wildman–Crippen LogP) is 2.58. The molecule has 0 bridgehead atoms. The van der Waals surface area contributed by atoms with E-state index >= 15 is 0 Å². The van der Waals surface area contributed by atoms with Gasteiger partial charge in [0.1, 0.15) is 23.3 Å². The quantitative estimate of drug-likeness (QED) is 0.884. The maximum absolute atomic E-state index is 13.5. The molecule has 2 N–H and O–H groups in total. The van der Waals surface area contributed by atoms with Crippen LogP contribution in [0.15, 0.2) is 24.3 Å². The second-order valence-corrected chi connectivity index (χ2v) is 3.87. The summed E-state index contributed by atoms with van der Waals surface area (Å²) in [4.78, 5) is 8.34. The number of nitriles is 1. The Bertz CT molecular complexity index is 648. The van der Waals surface area contributed by atoms with Gasteiger partial charge in [-0.3, -0.25) is 0 Å². The molecule has 0 unspecified atom stereocenters. The highest BCUT2D eigenvalue weighted by molar-refractivity contribution is 5.65. The van der Waals surface area contributed by atoms with Crippen LogP contribution in [0.5, 0.6) is 0 Å². The highest BCUT2D eigenvalue weighted by Crippen LogP contribution is 2.22. The van der Waals surface area contributed by atoms with Gasteiger partial charge in [0.25, 0.3) is 0 Å². The SMILES string of the molecule is CNc1nc(C)cc(Nc2cccc(F)c2C#N)n1. The number of rotatable bonds is 3. The summed E-state index contributed by atoms with van der Waals surface area (Å²) in [5.74, 6) is 0.392. The van der Waals surface area contributed by atoms with Crippen LogP contribution in [0.3, 0.4) is 0 Å². The van der Waals surface area contributed by atoms with Gasteiger partial charge in [0.15, 0.2) is 0 Å². The fourth-order valence-electron chi connectivity index (χ4n) is 1.62. The van der Waals surface area contributed by atoms with Crippen molar-refractivity contribution in [1.82, 2.24) is 9.97 Å². The summed E-state index contributed by atoms with van der Waals surface area (Å²) in [5, 5.41) is 14.7. The lowest BCUT2D eigenvalue weighted by Gasteiger charge is -2.09. The fraction of sp³-hybridized carbons (Fsp3) is 0.154. The molecule has 2 rings (SSSR count). The number of anilines is 3. The fourth-order valence-corrected chi connectivity index (χ4v) is 1.62. The molecule has 0 fully saturated rings. The van der Waals surface area contributed by atoms with Gasteiger partial charge in [0, 0.05) is 18.8 Å². The first-order valence-electron chi connectivity index (χ1n) is 5.63. The average molecular weight is 257 g/mol. The van der Waals surface area contributed by atoms with Crippen molar-refractivity contribution in [2.75, 3.05) is 17.7 Å². The standard InChI is InChI=1S/C13H12FN5/c1-8-6-12(19-13(16-2)17-8)18-11-5-3-4-10(14)9(11)7-15/h3-6H,1-2H3,(H2,16,17,18,19). The summed E-state index contributed by atoms with van der Waals surface area (Å²) in [6.45, 7) is 1.82. The summed E-state index contributed by atoms with van der Waals surface area (Å²) < 4.78 is 13.5. The van der Waals surface area contributed by atoms with E-state index in [-0.39, 0.29) is 5.56 Å². The maximum Gasteiger partial charge on any atom is 0.224 e. The summed E-state index contributed by atoms with van der Waals surface area (Å²) >= 11 is 0. The number of aromatic nitrogens is 2. The number of hydrogen-bond acceptors (Lipinski definition) is 5. The van der Waals surface area contributed by atoms with Gasteiger partial charge in [-0.15, -0.1) is 0 Å². The first-order valence-corrected chi connectivity index (χ1v) is 5.63. The van der Waals surface area contributed by atoms with Crippen molar-refractivity contribution in [3.05, 3.63) is 41.3 Å². The van der Waals surface area contributed by atoms with E-state index in [0.717, 1.165) is 5.69 Å². The lowest BCUT2D eigenvalue weighted by molar-refractivity contribution is 0.624. The molecule has 0 radical (unpaired) electrons. The molecule has 96 valence electrons. The zero-order valence-electron chi connectivity index (χ0n) is 10.5. The van der Waals surface area contributed by atoms with Crippen LogP contribution in [-0.4, -0.2) is 17.0 Å². The lowest BCUT2D eigenvalue weighted by atomic mass is 10.2. The van der Waals surface area contributed by atoms with Gasteiger partial charge in [-0.1, -0.05) is 6.07 Å². The van der Waals surface area contributed by atoms with Crippen molar-refractivity contribution in [2.24, 2.45) is 0 Å². The summed E-state index contributed by atoms with van der Waals surface area (Å²) in [6.07, 6.45) is 0. The minimum Gasteiger partial charge on any atom is -0.357 e. The second kappa shape index (κ2) is 5.31.